The number of hydrogen-bond acceptors (Lipinski definition) is 5. The molecule has 1 spiro atoms. The molecule has 1 aromatic rings. The average Bonchev–Trinajstić information content (AvgIpc) is 3.33. The molecule has 6 aliphatic rings. The smallest absolute Gasteiger partial charge is 0.250 e. The zero-order valence-electron chi connectivity index (χ0n) is 19.1. The Kier molecular flexibility index (Phi) is 4.04. The maximum atomic E-state index is 13.5. The van der Waals surface area contributed by atoms with Gasteiger partial charge >= 0.3 is 0 Å². The van der Waals surface area contributed by atoms with Crippen LogP contribution in [-0.2, 0) is 16.6 Å². The molecule has 2 fully saturated rings. The monoisotopic (exact) mass is 448 g/mol. The molecule has 3 aliphatic carbocycles. The molecular weight excluding hydrogens is 416 g/mol. The third-order valence-corrected chi connectivity index (χ3v) is 9.77. The van der Waals surface area contributed by atoms with Crippen molar-refractivity contribution in [3.63, 3.8) is 0 Å². The molecule has 3 aliphatic heterocycles. The molecule has 2 bridgehead atoms. The van der Waals surface area contributed by atoms with Gasteiger partial charge in [0.25, 0.3) is 0 Å². The van der Waals surface area contributed by atoms with E-state index in [1.807, 2.05) is 12.1 Å². The topological polar surface area (TPSA) is 73.2 Å². The Balaban J connectivity index is 1.36. The number of carbonyl (C=O) groups excluding carboxylic acids is 1. The van der Waals surface area contributed by atoms with Gasteiger partial charge in [0.2, 0.25) is 5.91 Å². The molecule has 6 heteroatoms. The highest BCUT2D eigenvalue weighted by atomic mass is 16.5. The first kappa shape index (κ1) is 20.1. The lowest BCUT2D eigenvalue weighted by atomic mass is 9.48. The van der Waals surface area contributed by atoms with Gasteiger partial charge in [-0.3, -0.25) is 9.69 Å². The molecule has 3 heterocycles. The van der Waals surface area contributed by atoms with E-state index in [2.05, 4.69) is 16.4 Å². The second kappa shape index (κ2) is 6.63. The molecule has 2 unspecified atom stereocenters. The summed E-state index contributed by atoms with van der Waals surface area (Å²) in [6.07, 6.45) is 8.62. The summed E-state index contributed by atoms with van der Waals surface area (Å²) in [7, 11) is 0. The second-order valence-electron chi connectivity index (χ2n) is 11.0. The van der Waals surface area contributed by atoms with E-state index in [0.29, 0.717) is 18.7 Å². The fourth-order valence-electron chi connectivity index (χ4n) is 8.43. The summed E-state index contributed by atoms with van der Waals surface area (Å²) in [5, 5.41) is 23.3. The lowest BCUT2D eigenvalue weighted by Crippen LogP contribution is -2.78. The van der Waals surface area contributed by atoms with E-state index in [1.54, 1.807) is 6.07 Å². The van der Waals surface area contributed by atoms with Gasteiger partial charge in [0.1, 0.15) is 6.10 Å². The first-order valence-corrected chi connectivity index (χ1v) is 12.6. The highest BCUT2D eigenvalue weighted by Gasteiger charge is 2.73. The summed E-state index contributed by atoms with van der Waals surface area (Å²) in [6.45, 7) is 6.25. The number of hydrogen-bond donors (Lipinski definition) is 2. The fourth-order valence-corrected chi connectivity index (χ4v) is 8.43. The van der Waals surface area contributed by atoms with Gasteiger partial charge in [-0.05, 0) is 75.1 Å². The molecule has 1 saturated heterocycles. The van der Waals surface area contributed by atoms with Gasteiger partial charge in [-0.1, -0.05) is 12.1 Å². The van der Waals surface area contributed by atoms with Crippen molar-refractivity contribution in [1.82, 2.24) is 9.80 Å². The first-order valence-electron chi connectivity index (χ1n) is 12.6. The summed E-state index contributed by atoms with van der Waals surface area (Å²) in [4.78, 5) is 17.9. The Morgan fingerprint density at radius 1 is 1.24 bits per heavy atom. The number of phenolic OH excluding ortho intramolecular Hbond substituents is 1. The number of carbonyl (C=O) groups is 1. The van der Waals surface area contributed by atoms with Gasteiger partial charge < -0.3 is 19.8 Å². The van der Waals surface area contributed by atoms with E-state index >= 15 is 0 Å². The number of ether oxygens (including phenoxy) is 1. The number of piperidine rings is 1. The quantitative estimate of drug-likeness (QED) is 0.696. The van der Waals surface area contributed by atoms with Gasteiger partial charge in [0.05, 0.1) is 17.1 Å². The molecule has 1 amide bonds. The summed E-state index contributed by atoms with van der Waals surface area (Å²) in [6, 6.07) is 3.64. The predicted octanol–water partition coefficient (Wildman–Crippen LogP) is 2.81. The minimum absolute atomic E-state index is 0.0140. The molecule has 0 radical (unpaired) electrons. The number of aliphatic hydroxyl groups is 1. The van der Waals surface area contributed by atoms with Crippen LogP contribution in [0.4, 0.5) is 0 Å². The molecule has 1 aromatic carbocycles. The highest BCUT2D eigenvalue weighted by Crippen LogP contribution is 2.66. The molecule has 1 saturated carbocycles. The van der Waals surface area contributed by atoms with Gasteiger partial charge in [-0.25, -0.2) is 0 Å². The highest BCUT2D eigenvalue weighted by molar-refractivity contribution is 5.97. The Hall–Kier alpha value is -2.31. The van der Waals surface area contributed by atoms with Gasteiger partial charge in [-0.2, -0.15) is 0 Å². The SMILES string of the molecule is C=CCN1CC[C@]23c4c5ccc(O)c4O[C@H]2C(N2CC4=C(CCCC4)C2=O)CCC3(O)[C@H]1C5. The van der Waals surface area contributed by atoms with Crippen molar-refractivity contribution in [2.45, 2.75) is 80.6 Å². The van der Waals surface area contributed by atoms with E-state index in [-0.39, 0.29) is 29.8 Å². The lowest BCUT2D eigenvalue weighted by molar-refractivity contribution is -0.198. The minimum atomic E-state index is -0.947. The predicted molar refractivity (Wildman–Crippen MR) is 123 cm³/mol. The van der Waals surface area contributed by atoms with Crippen molar-refractivity contribution in [3.05, 3.63) is 47.1 Å². The van der Waals surface area contributed by atoms with Crippen LogP contribution < -0.4 is 4.74 Å². The maximum Gasteiger partial charge on any atom is 0.250 e. The van der Waals surface area contributed by atoms with Crippen molar-refractivity contribution in [2.75, 3.05) is 19.6 Å². The Labute approximate surface area is 194 Å². The maximum absolute atomic E-state index is 13.5. The summed E-state index contributed by atoms with van der Waals surface area (Å²) in [5.74, 6) is 0.871. The molecule has 174 valence electrons. The summed E-state index contributed by atoms with van der Waals surface area (Å²) >= 11 is 0. The zero-order chi connectivity index (χ0) is 22.5. The molecule has 2 N–H and O–H groups in total. The largest absolute Gasteiger partial charge is 0.504 e. The normalized spacial score (nSPS) is 38.8. The minimum Gasteiger partial charge on any atom is -0.504 e. The van der Waals surface area contributed by atoms with E-state index in [0.717, 1.165) is 69.2 Å². The number of nitrogens with zero attached hydrogens (tertiary/aromatic N) is 2. The number of amides is 1. The number of phenols is 1. The molecule has 5 atom stereocenters. The lowest BCUT2D eigenvalue weighted by Gasteiger charge is -2.64. The second-order valence-corrected chi connectivity index (χ2v) is 11.0. The van der Waals surface area contributed by atoms with Gasteiger partial charge in [0.15, 0.2) is 11.5 Å². The van der Waals surface area contributed by atoms with E-state index in [4.69, 9.17) is 4.74 Å². The fraction of sp³-hybridized carbons (Fsp3) is 0.593. The zero-order valence-corrected chi connectivity index (χ0v) is 19.1. The van der Waals surface area contributed by atoms with E-state index < -0.39 is 11.0 Å². The number of likely N-dealkylation sites (tertiary alicyclic amines) is 1. The van der Waals surface area contributed by atoms with Crippen LogP contribution in [0.5, 0.6) is 11.5 Å². The Morgan fingerprint density at radius 2 is 2.09 bits per heavy atom. The standard InChI is InChI=1S/C27H32N2O4/c1-2-12-28-13-11-26-22-16-7-8-20(30)23(22)33-24(26)19(9-10-27(26,32)21(28)14-16)29-15-17-5-3-4-6-18(17)25(29)31/h2,7-8,19,21,24,30,32H,1,3-6,9-15H2/t19?,21-,24+,26+,27?/m1/s1. The molecule has 6 nitrogen and oxygen atoms in total. The van der Waals surface area contributed by atoms with Gasteiger partial charge in [-0.15, -0.1) is 6.58 Å². The Bertz CT molecular complexity index is 1110. The van der Waals surface area contributed by atoms with Crippen LogP contribution in [0.15, 0.2) is 35.9 Å². The van der Waals surface area contributed by atoms with Crippen LogP contribution in [0.3, 0.4) is 0 Å². The molecular formula is C27H32N2O4. The van der Waals surface area contributed by atoms with Crippen molar-refractivity contribution in [2.24, 2.45) is 0 Å². The summed E-state index contributed by atoms with van der Waals surface area (Å²) < 4.78 is 6.64. The van der Waals surface area contributed by atoms with Crippen molar-refractivity contribution in [3.8, 4) is 11.5 Å². The molecule has 7 rings (SSSR count). The summed E-state index contributed by atoms with van der Waals surface area (Å²) in [5.41, 5.74) is 2.98. The Morgan fingerprint density at radius 3 is 2.91 bits per heavy atom. The molecule has 33 heavy (non-hydrogen) atoms. The van der Waals surface area contributed by atoms with Crippen LogP contribution in [-0.4, -0.2) is 69.3 Å². The average molecular weight is 449 g/mol. The van der Waals surface area contributed by atoms with Gasteiger partial charge in [0, 0.05) is 30.3 Å². The number of benzene rings is 1. The van der Waals surface area contributed by atoms with E-state index in [9.17, 15) is 15.0 Å². The van der Waals surface area contributed by atoms with Crippen molar-refractivity contribution < 1.29 is 19.7 Å². The van der Waals surface area contributed by atoms with Crippen molar-refractivity contribution in [1.29, 1.82) is 0 Å². The molecule has 0 aromatic heterocycles. The third-order valence-electron chi connectivity index (χ3n) is 9.77. The van der Waals surface area contributed by atoms with Crippen LogP contribution in [0, 0.1) is 0 Å². The number of rotatable bonds is 3. The third kappa shape index (κ3) is 2.29. The first-order chi connectivity index (χ1) is 16.0. The van der Waals surface area contributed by atoms with Crippen molar-refractivity contribution >= 4 is 5.91 Å². The van der Waals surface area contributed by atoms with Crippen LogP contribution in [0.25, 0.3) is 0 Å². The van der Waals surface area contributed by atoms with E-state index in [1.165, 1.54) is 11.1 Å². The van der Waals surface area contributed by atoms with Crippen LogP contribution in [0.2, 0.25) is 0 Å². The van der Waals surface area contributed by atoms with Crippen LogP contribution >= 0.6 is 0 Å². The number of aromatic hydroxyl groups is 1. The van der Waals surface area contributed by atoms with Crippen LogP contribution in [0.1, 0.15) is 56.1 Å².